The van der Waals surface area contributed by atoms with E-state index in [0.29, 0.717) is 16.1 Å². The Kier molecular flexibility index (Phi) is 9.86. The minimum atomic E-state index is -1.79. The van der Waals surface area contributed by atoms with Gasteiger partial charge in [-0.05, 0) is 42.7 Å². The smallest absolute Gasteiger partial charge is 0.254 e. The summed E-state index contributed by atoms with van der Waals surface area (Å²) in [7, 11) is 0. The van der Waals surface area contributed by atoms with Gasteiger partial charge in [-0.15, -0.1) is 0 Å². The van der Waals surface area contributed by atoms with Crippen molar-refractivity contribution in [3.8, 4) is 5.75 Å². The number of carbonyl (C=O) groups is 3. The summed E-state index contributed by atoms with van der Waals surface area (Å²) < 4.78 is 14.6. The minimum Gasteiger partial charge on any atom is -0.508 e. The first-order chi connectivity index (χ1) is 19.6. The molecule has 0 spiro atoms. The third kappa shape index (κ3) is 7.16. The molecule has 11 heteroatoms. The van der Waals surface area contributed by atoms with Crippen LogP contribution in [-0.2, 0) is 22.6 Å². The van der Waals surface area contributed by atoms with Crippen LogP contribution < -0.4 is 10.6 Å². The first-order valence-electron chi connectivity index (χ1n) is 13.0. The van der Waals surface area contributed by atoms with Gasteiger partial charge in [0, 0.05) is 24.1 Å². The van der Waals surface area contributed by atoms with Crippen molar-refractivity contribution in [2.75, 3.05) is 6.54 Å². The lowest BCUT2D eigenvalue weighted by atomic mass is 9.98. The van der Waals surface area contributed by atoms with E-state index >= 15 is 0 Å². The Balaban J connectivity index is 1.53. The number of rotatable bonds is 9. The summed E-state index contributed by atoms with van der Waals surface area (Å²) >= 11 is 12.2. The molecule has 1 heterocycles. The number of aliphatic hydroxyl groups excluding tert-OH is 1. The Bertz CT molecular complexity index is 1420. The van der Waals surface area contributed by atoms with Crippen molar-refractivity contribution in [2.45, 2.75) is 50.7 Å². The van der Waals surface area contributed by atoms with Gasteiger partial charge >= 0.3 is 0 Å². The summed E-state index contributed by atoms with van der Waals surface area (Å²) in [5.74, 6) is -2.18. The van der Waals surface area contributed by atoms with Crippen LogP contribution in [0.25, 0.3) is 0 Å². The number of phenols is 1. The zero-order valence-corrected chi connectivity index (χ0v) is 23.7. The number of phenolic OH excluding ortho intramolecular Hbond substituents is 1. The van der Waals surface area contributed by atoms with E-state index in [-0.39, 0.29) is 42.3 Å². The van der Waals surface area contributed by atoms with Crippen LogP contribution in [0.3, 0.4) is 0 Å². The van der Waals surface area contributed by atoms with Crippen LogP contribution in [0, 0.1) is 6.92 Å². The molecule has 3 aromatic rings. The Morgan fingerprint density at radius 3 is 2.49 bits per heavy atom. The number of nitrogens with zero attached hydrogens (tertiary/aromatic N) is 1. The highest BCUT2D eigenvalue weighted by Crippen LogP contribution is 2.27. The highest BCUT2D eigenvalue weighted by molar-refractivity contribution is 6.42. The SMILES string of the molecule is Cc1c(O)cccc1C(=O)N[C@@H](Cc1ccccc1)[C@H](O)C(=O)N1C[C@@H](F)C[C@H]1C(=O)NCc1cccc(Cl)c1Cl. The van der Waals surface area contributed by atoms with Crippen molar-refractivity contribution in [2.24, 2.45) is 0 Å². The van der Waals surface area contributed by atoms with Crippen molar-refractivity contribution in [3.63, 3.8) is 0 Å². The topological polar surface area (TPSA) is 119 Å². The molecule has 216 valence electrons. The maximum Gasteiger partial charge on any atom is 0.254 e. The van der Waals surface area contributed by atoms with Gasteiger partial charge in [0.05, 0.1) is 22.6 Å². The van der Waals surface area contributed by atoms with Gasteiger partial charge in [-0.25, -0.2) is 4.39 Å². The lowest BCUT2D eigenvalue weighted by Crippen LogP contribution is -2.55. The zero-order valence-electron chi connectivity index (χ0n) is 22.2. The van der Waals surface area contributed by atoms with E-state index in [4.69, 9.17) is 23.2 Å². The second kappa shape index (κ2) is 13.3. The second-order valence-corrected chi connectivity index (χ2v) is 10.7. The summed E-state index contributed by atoms with van der Waals surface area (Å²) in [5, 5.41) is 27.2. The lowest BCUT2D eigenvalue weighted by molar-refractivity contribution is -0.146. The maximum absolute atomic E-state index is 14.6. The molecule has 0 aromatic heterocycles. The number of alkyl halides is 1. The predicted molar refractivity (Wildman–Crippen MR) is 154 cm³/mol. The first kappa shape index (κ1) is 30.3. The quantitative estimate of drug-likeness (QED) is 0.296. The molecule has 3 aromatic carbocycles. The van der Waals surface area contributed by atoms with Crippen LogP contribution >= 0.6 is 23.2 Å². The molecule has 4 rings (SSSR count). The number of hydrogen-bond donors (Lipinski definition) is 4. The molecule has 1 aliphatic heterocycles. The van der Waals surface area contributed by atoms with E-state index in [1.165, 1.54) is 18.2 Å². The molecule has 0 bridgehead atoms. The zero-order chi connectivity index (χ0) is 29.7. The summed E-state index contributed by atoms with van der Waals surface area (Å²) in [5.41, 5.74) is 1.79. The average Bonchev–Trinajstić information content (AvgIpc) is 3.36. The van der Waals surface area contributed by atoms with E-state index < -0.39 is 42.1 Å². The molecule has 4 N–H and O–H groups in total. The van der Waals surface area contributed by atoms with Gasteiger partial charge in [-0.3, -0.25) is 14.4 Å². The van der Waals surface area contributed by atoms with E-state index in [1.807, 2.05) is 0 Å². The van der Waals surface area contributed by atoms with Crippen LogP contribution in [0.15, 0.2) is 66.7 Å². The highest BCUT2D eigenvalue weighted by Gasteiger charge is 2.43. The fourth-order valence-electron chi connectivity index (χ4n) is 4.83. The molecule has 3 amide bonds. The molecule has 0 aliphatic carbocycles. The number of benzene rings is 3. The van der Waals surface area contributed by atoms with Gasteiger partial charge in [0.1, 0.15) is 18.0 Å². The standard InChI is InChI=1S/C30H30Cl2FN3O5/c1-17-21(10-6-12-25(17)37)28(39)35-23(13-18-7-3-2-4-8-18)27(38)30(41)36-16-20(33)14-24(36)29(40)34-15-19-9-5-11-22(31)26(19)32/h2-12,20,23-24,27,37-38H,13-16H2,1H3,(H,34,40)(H,35,39)/t20-,23-,24-,27-/m0/s1. The summed E-state index contributed by atoms with van der Waals surface area (Å²) in [6, 6.07) is 16.1. The van der Waals surface area contributed by atoms with Crippen molar-refractivity contribution in [3.05, 3.63) is 99.0 Å². The van der Waals surface area contributed by atoms with Crippen LogP contribution in [-0.4, -0.2) is 63.7 Å². The average molecular weight is 602 g/mol. The van der Waals surface area contributed by atoms with E-state index in [2.05, 4.69) is 10.6 Å². The van der Waals surface area contributed by atoms with Gasteiger partial charge in [-0.1, -0.05) is 71.7 Å². The fraction of sp³-hybridized carbons (Fsp3) is 0.300. The molecule has 8 nitrogen and oxygen atoms in total. The second-order valence-electron chi connectivity index (χ2n) is 9.93. The Morgan fingerprint density at radius 1 is 1.05 bits per heavy atom. The molecular formula is C30H30Cl2FN3O5. The number of hydrogen-bond acceptors (Lipinski definition) is 5. The van der Waals surface area contributed by atoms with Gasteiger partial charge < -0.3 is 25.7 Å². The van der Waals surface area contributed by atoms with E-state index in [9.17, 15) is 29.0 Å². The lowest BCUT2D eigenvalue weighted by Gasteiger charge is -2.30. The van der Waals surface area contributed by atoms with Crippen molar-refractivity contribution in [1.29, 1.82) is 0 Å². The van der Waals surface area contributed by atoms with E-state index in [1.54, 1.807) is 55.5 Å². The fourth-order valence-corrected chi connectivity index (χ4v) is 5.22. The molecule has 1 fully saturated rings. The Morgan fingerprint density at radius 2 is 1.76 bits per heavy atom. The molecule has 41 heavy (non-hydrogen) atoms. The van der Waals surface area contributed by atoms with Gasteiger partial charge in [0.2, 0.25) is 5.91 Å². The summed E-state index contributed by atoms with van der Waals surface area (Å²) in [6.07, 6.45) is -3.44. The maximum atomic E-state index is 14.6. The number of amides is 3. The van der Waals surface area contributed by atoms with Crippen molar-refractivity contribution >= 4 is 40.9 Å². The van der Waals surface area contributed by atoms with Gasteiger partial charge in [-0.2, -0.15) is 0 Å². The third-order valence-electron chi connectivity index (χ3n) is 7.12. The number of carbonyl (C=O) groups excluding carboxylic acids is 3. The number of aromatic hydroxyl groups is 1. The molecule has 1 saturated heterocycles. The van der Waals surface area contributed by atoms with Crippen LogP contribution in [0.1, 0.15) is 33.5 Å². The summed E-state index contributed by atoms with van der Waals surface area (Å²) in [4.78, 5) is 40.8. The molecule has 0 radical (unpaired) electrons. The number of nitrogens with one attached hydrogen (secondary N) is 2. The first-order valence-corrected chi connectivity index (χ1v) is 13.8. The van der Waals surface area contributed by atoms with Crippen LogP contribution in [0.5, 0.6) is 5.75 Å². The number of halogens is 3. The number of aliphatic hydroxyl groups is 1. The van der Waals surface area contributed by atoms with Crippen molar-refractivity contribution in [1.82, 2.24) is 15.5 Å². The van der Waals surface area contributed by atoms with E-state index in [0.717, 1.165) is 10.5 Å². The van der Waals surface area contributed by atoms with Gasteiger partial charge in [0.25, 0.3) is 11.8 Å². The molecule has 4 atom stereocenters. The third-order valence-corrected chi connectivity index (χ3v) is 7.98. The van der Waals surface area contributed by atoms with Crippen molar-refractivity contribution < 1.29 is 29.0 Å². The largest absolute Gasteiger partial charge is 0.508 e. The minimum absolute atomic E-state index is 0.00618. The summed E-state index contributed by atoms with van der Waals surface area (Å²) in [6.45, 7) is 1.19. The molecular weight excluding hydrogens is 572 g/mol. The molecule has 1 aliphatic rings. The molecule has 0 saturated carbocycles. The Labute approximate surface area is 247 Å². The molecule has 0 unspecified atom stereocenters. The van der Waals surface area contributed by atoms with Crippen LogP contribution in [0.4, 0.5) is 4.39 Å². The number of likely N-dealkylation sites (tertiary alicyclic amines) is 1. The van der Waals surface area contributed by atoms with Crippen LogP contribution in [0.2, 0.25) is 10.0 Å². The normalized spacial score (nSPS) is 18.0. The predicted octanol–water partition coefficient (Wildman–Crippen LogP) is 3.96. The highest BCUT2D eigenvalue weighted by atomic mass is 35.5. The van der Waals surface area contributed by atoms with Gasteiger partial charge in [0.15, 0.2) is 6.10 Å². The monoisotopic (exact) mass is 601 g/mol. The Hall–Kier alpha value is -3.66.